The SMILES string of the molecule is C=CCN(c1ccc(Cl)cc1)S(=O)(=O)c1cc(C(=O)OCC(=O)Nc2ccc(C)c(C)c2)ccc1Cl. The van der Waals surface area contributed by atoms with Crippen LogP contribution in [-0.4, -0.2) is 33.4 Å². The highest BCUT2D eigenvalue weighted by atomic mass is 35.5. The van der Waals surface area contributed by atoms with E-state index in [0.717, 1.165) is 21.5 Å². The number of ether oxygens (including phenoxy) is 1. The van der Waals surface area contributed by atoms with Crippen LogP contribution in [0, 0.1) is 13.8 Å². The fourth-order valence-corrected chi connectivity index (χ4v) is 5.31. The van der Waals surface area contributed by atoms with Gasteiger partial charge in [-0.05, 0) is 79.6 Å². The van der Waals surface area contributed by atoms with E-state index in [0.29, 0.717) is 16.4 Å². The van der Waals surface area contributed by atoms with Crippen molar-refractivity contribution in [2.24, 2.45) is 0 Å². The second kappa shape index (κ2) is 11.6. The molecule has 0 radical (unpaired) electrons. The van der Waals surface area contributed by atoms with Crippen LogP contribution < -0.4 is 9.62 Å². The Bertz CT molecular complexity index is 1410. The molecule has 0 spiro atoms. The van der Waals surface area contributed by atoms with Crippen LogP contribution >= 0.6 is 23.2 Å². The first-order valence-corrected chi connectivity index (χ1v) is 13.0. The van der Waals surface area contributed by atoms with Crippen molar-refractivity contribution in [3.8, 4) is 0 Å². The van der Waals surface area contributed by atoms with Gasteiger partial charge in [-0.25, -0.2) is 13.2 Å². The Labute approximate surface area is 220 Å². The van der Waals surface area contributed by atoms with Gasteiger partial charge in [0.05, 0.1) is 22.8 Å². The molecule has 3 aromatic carbocycles. The molecular formula is C26H24Cl2N2O5S. The van der Waals surface area contributed by atoms with Crippen molar-refractivity contribution in [3.63, 3.8) is 0 Å². The number of anilines is 2. The van der Waals surface area contributed by atoms with Crippen LogP contribution in [0.5, 0.6) is 0 Å². The van der Waals surface area contributed by atoms with Crippen LogP contribution in [0.4, 0.5) is 11.4 Å². The van der Waals surface area contributed by atoms with E-state index in [9.17, 15) is 18.0 Å². The van der Waals surface area contributed by atoms with Gasteiger partial charge in [0.15, 0.2) is 6.61 Å². The van der Waals surface area contributed by atoms with Gasteiger partial charge in [-0.2, -0.15) is 0 Å². The average molecular weight is 547 g/mol. The largest absolute Gasteiger partial charge is 0.452 e. The highest BCUT2D eigenvalue weighted by molar-refractivity contribution is 7.93. The van der Waals surface area contributed by atoms with Crippen LogP contribution in [0.1, 0.15) is 21.5 Å². The number of carbonyl (C=O) groups is 2. The standard InChI is InChI=1S/C26H24Cl2N2O5S/c1-4-13-30(22-10-7-20(27)8-11-22)36(33,34)24-15-19(6-12-23(24)28)26(32)35-16-25(31)29-21-9-5-17(2)18(3)14-21/h4-12,14-15H,1,13,16H2,2-3H3,(H,29,31). The zero-order valence-corrected chi connectivity index (χ0v) is 22.0. The van der Waals surface area contributed by atoms with Gasteiger partial charge in [0.2, 0.25) is 0 Å². The number of hydrogen-bond donors (Lipinski definition) is 1. The van der Waals surface area contributed by atoms with E-state index in [4.69, 9.17) is 27.9 Å². The van der Waals surface area contributed by atoms with Crippen LogP contribution in [0.25, 0.3) is 0 Å². The highest BCUT2D eigenvalue weighted by Gasteiger charge is 2.28. The van der Waals surface area contributed by atoms with E-state index in [1.165, 1.54) is 18.2 Å². The Balaban J connectivity index is 1.78. The maximum Gasteiger partial charge on any atom is 0.338 e. The number of rotatable bonds is 9. The van der Waals surface area contributed by atoms with E-state index in [1.807, 2.05) is 19.9 Å². The summed E-state index contributed by atoms with van der Waals surface area (Å²) < 4.78 is 33.1. The fraction of sp³-hybridized carbons (Fsp3) is 0.154. The summed E-state index contributed by atoms with van der Waals surface area (Å²) in [6.45, 7) is 6.89. The topological polar surface area (TPSA) is 92.8 Å². The molecule has 0 aliphatic heterocycles. The molecule has 10 heteroatoms. The monoisotopic (exact) mass is 546 g/mol. The van der Waals surface area contributed by atoms with Gasteiger partial charge in [0.1, 0.15) is 4.90 Å². The van der Waals surface area contributed by atoms with Crippen molar-refractivity contribution in [3.05, 3.63) is 100 Å². The molecule has 0 aromatic heterocycles. The van der Waals surface area contributed by atoms with Crippen molar-refractivity contribution in [1.29, 1.82) is 0 Å². The van der Waals surface area contributed by atoms with Gasteiger partial charge >= 0.3 is 5.97 Å². The van der Waals surface area contributed by atoms with Crippen molar-refractivity contribution in [2.45, 2.75) is 18.7 Å². The number of sulfonamides is 1. The molecular weight excluding hydrogens is 523 g/mol. The lowest BCUT2D eigenvalue weighted by Crippen LogP contribution is -2.31. The third-order valence-electron chi connectivity index (χ3n) is 5.27. The summed E-state index contributed by atoms with van der Waals surface area (Å²) in [5.74, 6) is -1.41. The number of hydrogen-bond acceptors (Lipinski definition) is 5. The molecule has 7 nitrogen and oxygen atoms in total. The van der Waals surface area contributed by atoms with Gasteiger partial charge < -0.3 is 10.1 Å². The summed E-state index contributed by atoms with van der Waals surface area (Å²) in [6.07, 6.45) is 1.42. The summed E-state index contributed by atoms with van der Waals surface area (Å²) in [7, 11) is -4.20. The molecule has 0 aliphatic carbocycles. The first kappa shape index (κ1) is 27.3. The molecule has 36 heavy (non-hydrogen) atoms. The van der Waals surface area contributed by atoms with Crippen LogP contribution in [0.3, 0.4) is 0 Å². The average Bonchev–Trinajstić information content (AvgIpc) is 2.84. The number of nitrogens with zero attached hydrogens (tertiary/aromatic N) is 1. The zero-order chi connectivity index (χ0) is 26.5. The molecule has 1 amide bonds. The first-order valence-electron chi connectivity index (χ1n) is 10.8. The summed E-state index contributed by atoms with van der Waals surface area (Å²) in [6, 6.07) is 15.3. The third-order valence-corrected chi connectivity index (χ3v) is 7.80. The minimum atomic E-state index is -4.20. The molecule has 0 saturated carbocycles. The molecule has 0 unspecified atom stereocenters. The Kier molecular flexibility index (Phi) is 8.79. The molecule has 1 N–H and O–H groups in total. The van der Waals surface area contributed by atoms with Crippen LogP contribution in [0.2, 0.25) is 10.0 Å². The molecule has 0 fully saturated rings. The van der Waals surface area contributed by atoms with Crippen molar-refractivity contribution in [1.82, 2.24) is 0 Å². The smallest absolute Gasteiger partial charge is 0.338 e. The van der Waals surface area contributed by atoms with Crippen LogP contribution in [-0.2, 0) is 19.6 Å². The molecule has 0 atom stereocenters. The normalized spacial score (nSPS) is 11.0. The van der Waals surface area contributed by atoms with Crippen molar-refractivity contribution >= 4 is 56.5 Å². The minimum Gasteiger partial charge on any atom is -0.452 e. The molecule has 0 bridgehead atoms. The summed E-state index contributed by atoms with van der Waals surface area (Å²) in [5.41, 5.74) is 2.92. The molecule has 0 aliphatic rings. The number of esters is 1. The third kappa shape index (κ3) is 6.46. The quantitative estimate of drug-likeness (QED) is 0.271. The highest BCUT2D eigenvalue weighted by Crippen LogP contribution is 2.30. The van der Waals surface area contributed by atoms with Gasteiger partial charge in [0, 0.05) is 10.7 Å². The van der Waals surface area contributed by atoms with Crippen LogP contribution in [0.15, 0.2) is 78.2 Å². The number of benzene rings is 3. The lowest BCUT2D eigenvalue weighted by atomic mass is 10.1. The van der Waals surface area contributed by atoms with E-state index in [1.54, 1.807) is 36.4 Å². The minimum absolute atomic E-state index is 0.0480. The molecule has 3 aromatic rings. The Morgan fingerprint density at radius 2 is 1.69 bits per heavy atom. The Morgan fingerprint density at radius 3 is 2.33 bits per heavy atom. The Hall–Kier alpha value is -3.33. The molecule has 188 valence electrons. The van der Waals surface area contributed by atoms with Gasteiger partial charge in [0.25, 0.3) is 15.9 Å². The number of amides is 1. The van der Waals surface area contributed by atoms with Gasteiger partial charge in [-0.1, -0.05) is 35.3 Å². The van der Waals surface area contributed by atoms with Gasteiger partial charge in [-0.3, -0.25) is 9.10 Å². The predicted molar refractivity (Wildman–Crippen MR) is 142 cm³/mol. The van der Waals surface area contributed by atoms with E-state index in [-0.39, 0.29) is 22.0 Å². The van der Waals surface area contributed by atoms with Crippen molar-refractivity contribution < 1.29 is 22.7 Å². The van der Waals surface area contributed by atoms with E-state index in [2.05, 4.69) is 11.9 Å². The molecule has 3 rings (SSSR count). The molecule has 0 heterocycles. The number of nitrogens with one attached hydrogen (secondary N) is 1. The van der Waals surface area contributed by atoms with E-state index < -0.39 is 28.5 Å². The maximum atomic E-state index is 13.5. The summed E-state index contributed by atoms with van der Waals surface area (Å²) in [4.78, 5) is 24.5. The first-order chi connectivity index (χ1) is 17.0. The lowest BCUT2D eigenvalue weighted by molar-refractivity contribution is -0.119. The second-order valence-electron chi connectivity index (χ2n) is 7.87. The lowest BCUT2D eigenvalue weighted by Gasteiger charge is -2.24. The second-order valence-corrected chi connectivity index (χ2v) is 10.5. The van der Waals surface area contributed by atoms with Gasteiger partial charge in [-0.15, -0.1) is 6.58 Å². The Morgan fingerprint density at radius 1 is 1.00 bits per heavy atom. The predicted octanol–water partition coefficient (Wildman–Crippen LogP) is 5.79. The maximum absolute atomic E-state index is 13.5. The molecule has 0 saturated heterocycles. The number of aryl methyl sites for hydroxylation is 2. The number of halogens is 2. The summed E-state index contributed by atoms with van der Waals surface area (Å²) in [5, 5.41) is 3.02. The van der Waals surface area contributed by atoms with Crippen molar-refractivity contribution in [2.75, 3.05) is 22.8 Å². The van der Waals surface area contributed by atoms with E-state index >= 15 is 0 Å². The fourth-order valence-electron chi connectivity index (χ4n) is 3.24. The number of carbonyl (C=O) groups excluding carboxylic acids is 2. The zero-order valence-electron chi connectivity index (χ0n) is 19.6. The summed E-state index contributed by atoms with van der Waals surface area (Å²) >= 11 is 12.1.